The van der Waals surface area contributed by atoms with E-state index in [-0.39, 0.29) is 12.2 Å². The first kappa shape index (κ1) is 7.25. The predicted molar refractivity (Wildman–Crippen MR) is 42.1 cm³/mol. The van der Waals surface area contributed by atoms with Gasteiger partial charge in [0.2, 0.25) is 0 Å². The minimum absolute atomic E-state index is 0.229. The van der Waals surface area contributed by atoms with Gasteiger partial charge in [-0.15, -0.1) is 0 Å². The molecule has 0 spiro atoms. The van der Waals surface area contributed by atoms with Gasteiger partial charge in [-0.1, -0.05) is 0 Å². The molecule has 0 aromatic rings. The number of hydrogen-bond donors (Lipinski definition) is 0. The van der Waals surface area contributed by atoms with E-state index < -0.39 is 0 Å². The average molecular weight is 155 g/mol. The fraction of sp³-hybridized carbons (Fsp3) is 0.875. The highest BCUT2D eigenvalue weighted by Gasteiger charge is 2.29. The van der Waals surface area contributed by atoms with E-state index in [1.54, 1.807) is 0 Å². The van der Waals surface area contributed by atoms with Gasteiger partial charge in [-0.3, -0.25) is 4.99 Å². The monoisotopic (exact) mass is 155 g/mol. The Morgan fingerprint density at radius 2 is 2.00 bits per heavy atom. The standard InChI is InChI=1S/C8H13NO2/c1-6-4-7-8(5-9-6)11-3-2-10-7/h7-8H,2-5H2,1H3. The first-order valence-corrected chi connectivity index (χ1v) is 4.09. The van der Waals surface area contributed by atoms with Gasteiger partial charge in [-0.25, -0.2) is 0 Å². The SMILES string of the molecule is CC1=NCC2OCCOC2C1. The molecular weight excluding hydrogens is 142 g/mol. The summed E-state index contributed by atoms with van der Waals surface area (Å²) in [6, 6.07) is 0. The number of rotatable bonds is 0. The Balaban J connectivity index is 2.04. The van der Waals surface area contributed by atoms with E-state index in [1.807, 2.05) is 6.92 Å². The number of ether oxygens (including phenoxy) is 2. The maximum Gasteiger partial charge on any atom is 0.104 e. The number of nitrogens with zero attached hydrogens (tertiary/aromatic N) is 1. The van der Waals surface area contributed by atoms with Gasteiger partial charge in [0.25, 0.3) is 0 Å². The van der Waals surface area contributed by atoms with Crippen LogP contribution in [0.25, 0.3) is 0 Å². The van der Waals surface area contributed by atoms with E-state index in [2.05, 4.69) is 4.99 Å². The molecule has 0 aromatic heterocycles. The second-order valence-electron chi connectivity index (χ2n) is 3.10. The molecule has 3 heteroatoms. The summed E-state index contributed by atoms with van der Waals surface area (Å²) in [6.45, 7) is 4.31. The van der Waals surface area contributed by atoms with Crippen molar-refractivity contribution in [2.24, 2.45) is 4.99 Å². The van der Waals surface area contributed by atoms with Crippen LogP contribution in [0.5, 0.6) is 0 Å². The lowest BCUT2D eigenvalue weighted by Crippen LogP contribution is -2.43. The normalized spacial score (nSPS) is 37.7. The van der Waals surface area contributed by atoms with Crippen molar-refractivity contribution in [3.05, 3.63) is 0 Å². The summed E-state index contributed by atoms with van der Waals surface area (Å²) in [4.78, 5) is 4.33. The van der Waals surface area contributed by atoms with Crippen molar-refractivity contribution >= 4 is 5.71 Å². The van der Waals surface area contributed by atoms with Crippen LogP contribution in [0.4, 0.5) is 0 Å². The summed E-state index contributed by atoms with van der Waals surface area (Å²) in [5.74, 6) is 0. The predicted octanol–water partition coefficient (Wildman–Crippen LogP) is 0.635. The molecule has 11 heavy (non-hydrogen) atoms. The average Bonchev–Trinajstić information content (AvgIpc) is 2.04. The van der Waals surface area contributed by atoms with Crippen LogP contribution >= 0.6 is 0 Å². The maximum atomic E-state index is 5.55. The lowest BCUT2D eigenvalue weighted by Gasteiger charge is -2.33. The summed E-state index contributed by atoms with van der Waals surface area (Å²) in [7, 11) is 0. The minimum atomic E-state index is 0.229. The lowest BCUT2D eigenvalue weighted by atomic mass is 10.0. The molecule has 2 atom stereocenters. The first-order valence-electron chi connectivity index (χ1n) is 4.09. The largest absolute Gasteiger partial charge is 0.373 e. The van der Waals surface area contributed by atoms with Crippen molar-refractivity contribution < 1.29 is 9.47 Å². The quantitative estimate of drug-likeness (QED) is 0.514. The van der Waals surface area contributed by atoms with Gasteiger partial charge in [0, 0.05) is 12.1 Å². The fourth-order valence-corrected chi connectivity index (χ4v) is 1.58. The van der Waals surface area contributed by atoms with Crippen molar-refractivity contribution in [3.63, 3.8) is 0 Å². The molecule has 1 fully saturated rings. The second-order valence-corrected chi connectivity index (χ2v) is 3.10. The van der Waals surface area contributed by atoms with Crippen molar-refractivity contribution in [1.29, 1.82) is 0 Å². The van der Waals surface area contributed by atoms with Crippen LogP contribution in [0, 0.1) is 0 Å². The lowest BCUT2D eigenvalue weighted by molar-refractivity contribution is -0.134. The minimum Gasteiger partial charge on any atom is -0.373 e. The van der Waals surface area contributed by atoms with E-state index in [0.29, 0.717) is 0 Å². The molecular formula is C8H13NO2. The van der Waals surface area contributed by atoms with Gasteiger partial charge in [0.1, 0.15) is 6.10 Å². The smallest absolute Gasteiger partial charge is 0.104 e. The van der Waals surface area contributed by atoms with Crippen molar-refractivity contribution in [3.8, 4) is 0 Å². The highest BCUT2D eigenvalue weighted by Crippen LogP contribution is 2.18. The zero-order valence-electron chi connectivity index (χ0n) is 6.75. The van der Waals surface area contributed by atoms with Gasteiger partial charge >= 0.3 is 0 Å². The molecule has 2 unspecified atom stereocenters. The Hall–Kier alpha value is -0.410. The van der Waals surface area contributed by atoms with Gasteiger partial charge in [-0.2, -0.15) is 0 Å². The summed E-state index contributed by atoms with van der Waals surface area (Å²) in [6.07, 6.45) is 1.46. The molecule has 2 heterocycles. The molecule has 0 radical (unpaired) electrons. The van der Waals surface area contributed by atoms with E-state index in [1.165, 1.54) is 5.71 Å². The van der Waals surface area contributed by atoms with Crippen molar-refractivity contribution in [2.75, 3.05) is 19.8 Å². The topological polar surface area (TPSA) is 30.8 Å². The third kappa shape index (κ3) is 1.44. The van der Waals surface area contributed by atoms with Gasteiger partial charge in [0.05, 0.1) is 25.9 Å². The number of aliphatic imine (C=N–C) groups is 1. The van der Waals surface area contributed by atoms with E-state index in [9.17, 15) is 0 Å². The van der Waals surface area contributed by atoms with Crippen LogP contribution in [0.2, 0.25) is 0 Å². The highest BCUT2D eigenvalue weighted by molar-refractivity contribution is 5.83. The molecule has 2 rings (SSSR count). The molecule has 0 N–H and O–H groups in total. The molecule has 0 saturated carbocycles. The van der Waals surface area contributed by atoms with Crippen molar-refractivity contribution in [2.45, 2.75) is 25.6 Å². The first-order chi connectivity index (χ1) is 5.36. The van der Waals surface area contributed by atoms with Crippen LogP contribution in [0.3, 0.4) is 0 Å². The molecule has 0 amide bonds. The van der Waals surface area contributed by atoms with Crippen LogP contribution in [-0.2, 0) is 9.47 Å². The zero-order valence-corrected chi connectivity index (χ0v) is 6.75. The Bertz CT molecular complexity index is 179. The van der Waals surface area contributed by atoms with Crippen LogP contribution in [-0.4, -0.2) is 37.7 Å². The Labute approximate surface area is 66.4 Å². The Kier molecular flexibility index (Phi) is 1.92. The summed E-state index contributed by atoms with van der Waals surface area (Å²) in [5.41, 5.74) is 1.19. The molecule has 0 aromatic carbocycles. The molecule has 1 saturated heterocycles. The summed E-state index contributed by atoms with van der Waals surface area (Å²) >= 11 is 0. The zero-order chi connectivity index (χ0) is 7.68. The highest BCUT2D eigenvalue weighted by atomic mass is 16.6. The maximum absolute atomic E-state index is 5.55. The van der Waals surface area contributed by atoms with Gasteiger partial charge in [0.15, 0.2) is 0 Å². The van der Waals surface area contributed by atoms with E-state index in [4.69, 9.17) is 9.47 Å². The molecule has 0 aliphatic carbocycles. The fourth-order valence-electron chi connectivity index (χ4n) is 1.58. The molecule has 62 valence electrons. The third-order valence-electron chi connectivity index (χ3n) is 2.20. The van der Waals surface area contributed by atoms with Gasteiger partial charge < -0.3 is 9.47 Å². The van der Waals surface area contributed by atoms with Gasteiger partial charge in [-0.05, 0) is 6.92 Å². The summed E-state index contributed by atoms with van der Waals surface area (Å²) < 4.78 is 11.0. The van der Waals surface area contributed by atoms with E-state index >= 15 is 0 Å². The summed E-state index contributed by atoms with van der Waals surface area (Å²) in [5, 5.41) is 0. The second kappa shape index (κ2) is 2.91. The third-order valence-corrected chi connectivity index (χ3v) is 2.20. The number of fused-ring (bicyclic) bond motifs is 1. The Morgan fingerprint density at radius 3 is 2.82 bits per heavy atom. The number of hydrogen-bond acceptors (Lipinski definition) is 3. The van der Waals surface area contributed by atoms with Crippen LogP contribution in [0.1, 0.15) is 13.3 Å². The Morgan fingerprint density at radius 1 is 1.27 bits per heavy atom. The molecule has 2 aliphatic rings. The van der Waals surface area contributed by atoms with Crippen LogP contribution < -0.4 is 0 Å². The molecule has 2 aliphatic heterocycles. The van der Waals surface area contributed by atoms with Crippen LogP contribution in [0.15, 0.2) is 4.99 Å². The van der Waals surface area contributed by atoms with E-state index in [0.717, 1.165) is 26.2 Å². The molecule has 0 bridgehead atoms. The molecule has 3 nitrogen and oxygen atoms in total. The van der Waals surface area contributed by atoms with Crippen molar-refractivity contribution in [1.82, 2.24) is 0 Å².